The summed E-state index contributed by atoms with van der Waals surface area (Å²) in [6.07, 6.45) is 1.60. The van der Waals surface area contributed by atoms with Gasteiger partial charge in [0.05, 0.1) is 12.1 Å². The number of aromatic nitrogens is 2. The minimum atomic E-state index is -0.643. The molecule has 2 heterocycles. The van der Waals surface area contributed by atoms with Crippen molar-refractivity contribution in [1.82, 2.24) is 9.55 Å². The van der Waals surface area contributed by atoms with Crippen LogP contribution in [0.1, 0.15) is 17.4 Å². The molecule has 4 rings (SSSR count). The molecule has 0 unspecified atom stereocenters. The Kier molecular flexibility index (Phi) is 4.12. The van der Waals surface area contributed by atoms with Gasteiger partial charge in [0.2, 0.25) is 0 Å². The van der Waals surface area contributed by atoms with E-state index < -0.39 is 5.97 Å². The van der Waals surface area contributed by atoms with Crippen LogP contribution in [0.15, 0.2) is 59.2 Å². The van der Waals surface area contributed by atoms with Crippen LogP contribution < -0.4 is 0 Å². The number of rotatable bonds is 3. The third-order valence-electron chi connectivity index (χ3n) is 4.24. The van der Waals surface area contributed by atoms with E-state index in [1.165, 1.54) is 0 Å². The molecule has 26 heavy (non-hydrogen) atoms. The molecule has 0 aliphatic carbocycles. The van der Waals surface area contributed by atoms with Gasteiger partial charge in [-0.1, -0.05) is 40.2 Å². The Bertz CT molecular complexity index is 1140. The molecule has 2 aromatic heterocycles. The van der Waals surface area contributed by atoms with E-state index in [9.17, 15) is 9.90 Å². The summed E-state index contributed by atoms with van der Waals surface area (Å²) in [4.78, 5) is 16.3. The maximum absolute atomic E-state index is 12.2. The van der Waals surface area contributed by atoms with Crippen LogP contribution in [0.4, 0.5) is 0 Å². The number of hydrogen-bond donors (Lipinski definition) is 1. The van der Waals surface area contributed by atoms with E-state index in [4.69, 9.17) is 4.74 Å². The summed E-state index contributed by atoms with van der Waals surface area (Å²) in [5.41, 5.74) is 2.22. The number of esters is 1. The summed E-state index contributed by atoms with van der Waals surface area (Å²) in [5, 5.41) is 12.6. The van der Waals surface area contributed by atoms with Gasteiger partial charge in [0.25, 0.3) is 0 Å². The Balaban J connectivity index is 2.16. The number of benzene rings is 2. The molecule has 1 N–H and O–H groups in total. The van der Waals surface area contributed by atoms with E-state index >= 15 is 0 Å². The highest BCUT2D eigenvalue weighted by Crippen LogP contribution is 2.40. The fourth-order valence-electron chi connectivity index (χ4n) is 3.18. The summed E-state index contributed by atoms with van der Waals surface area (Å²) < 4.78 is 7.84. The van der Waals surface area contributed by atoms with Crippen molar-refractivity contribution >= 4 is 43.7 Å². The van der Waals surface area contributed by atoms with Gasteiger partial charge in [0.1, 0.15) is 5.52 Å². The lowest BCUT2D eigenvalue weighted by atomic mass is 10.2. The van der Waals surface area contributed by atoms with E-state index in [2.05, 4.69) is 20.9 Å². The smallest absolute Gasteiger partial charge is 0.360 e. The average molecular weight is 411 g/mol. The predicted octanol–water partition coefficient (Wildman–Crippen LogP) is 4.82. The van der Waals surface area contributed by atoms with Crippen LogP contribution in [0.3, 0.4) is 0 Å². The lowest BCUT2D eigenvalue weighted by Crippen LogP contribution is -2.08. The third-order valence-corrected chi connectivity index (χ3v) is 4.90. The number of para-hydroxylation sites is 1. The summed E-state index contributed by atoms with van der Waals surface area (Å²) in [6, 6.07) is 15.5. The molecule has 0 saturated heterocycles. The molecular formula is C20H15BrN2O3. The molecule has 6 heteroatoms. The van der Waals surface area contributed by atoms with Crippen molar-refractivity contribution in [2.75, 3.05) is 6.61 Å². The number of carbonyl (C=O) groups is 1. The molecule has 0 saturated carbocycles. The molecule has 0 fully saturated rings. The van der Waals surface area contributed by atoms with Crippen molar-refractivity contribution in [1.29, 1.82) is 0 Å². The molecular weight excluding hydrogens is 396 g/mol. The quantitative estimate of drug-likeness (QED) is 0.491. The van der Waals surface area contributed by atoms with E-state index in [1.807, 2.05) is 53.1 Å². The minimum Gasteiger partial charge on any atom is -0.504 e. The van der Waals surface area contributed by atoms with Crippen LogP contribution in [-0.2, 0) is 4.74 Å². The lowest BCUT2D eigenvalue weighted by molar-refractivity contribution is 0.0516. The topological polar surface area (TPSA) is 64.3 Å². The first-order valence-electron chi connectivity index (χ1n) is 8.16. The maximum Gasteiger partial charge on any atom is 0.360 e. The SMILES string of the molecule is CCOC(=O)c1ncc2c3c(Br)cccc3n(-c3ccccc3)c2c1O. The molecule has 0 aliphatic rings. The monoisotopic (exact) mass is 410 g/mol. The first-order chi connectivity index (χ1) is 12.6. The molecule has 0 aliphatic heterocycles. The van der Waals surface area contributed by atoms with Crippen molar-refractivity contribution in [3.63, 3.8) is 0 Å². The van der Waals surface area contributed by atoms with Gasteiger partial charge >= 0.3 is 5.97 Å². The number of ether oxygens (including phenoxy) is 1. The third kappa shape index (κ3) is 2.45. The Hall–Kier alpha value is -2.86. The lowest BCUT2D eigenvalue weighted by Gasteiger charge is -2.10. The Morgan fingerprint density at radius 2 is 1.96 bits per heavy atom. The average Bonchev–Trinajstić information content (AvgIpc) is 2.99. The zero-order valence-corrected chi connectivity index (χ0v) is 15.5. The molecule has 0 bridgehead atoms. The van der Waals surface area contributed by atoms with E-state index in [1.54, 1.807) is 13.1 Å². The molecule has 0 radical (unpaired) electrons. The first-order valence-corrected chi connectivity index (χ1v) is 8.96. The predicted molar refractivity (Wildman–Crippen MR) is 104 cm³/mol. The van der Waals surface area contributed by atoms with Crippen molar-refractivity contribution in [3.05, 3.63) is 64.9 Å². The van der Waals surface area contributed by atoms with Crippen LogP contribution in [0.5, 0.6) is 5.75 Å². The number of pyridine rings is 1. The fourth-order valence-corrected chi connectivity index (χ4v) is 3.75. The van der Waals surface area contributed by atoms with Crippen molar-refractivity contribution in [2.45, 2.75) is 6.92 Å². The summed E-state index contributed by atoms with van der Waals surface area (Å²) in [6.45, 7) is 1.93. The Labute approximate surface area is 158 Å². The highest BCUT2D eigenvalue weighted by molar-refractivity contribution is 9.10. The van der Waals surface area contributed by atoms with Crippen molar-refractivity contribution < 1.29 is 14.6 Å². The van der Waals surface area contributed by atoms with E-state index in [0.29, 0.717) is 5.52 Å². The molecule has 0 amide bonds. The molecule has 5 nitrogen and oxygen atoms in total. The Morgan fingerprint density at radius 3 is 2.69 bits per heavy atom. The first kappa shape index (κ1) is 16.6. The number of nitrogens with zero attached hydrogens (tertiary/aromatic N) is 2. The second kappa shape index (κ2) is 6.46. The summed E-state index contributed by atoms with van der Waals surface area (Å²) in [5.74, 6) is -0.830. The number of hydrogen-bond acceptors (Lipinski definition) is 4. The van der Waals surface area contributed by atoms with Gasteiger partial charge in [0.15, 0.2) is 11.4 Å². The highest BCUT2D eigenvalue weighted by atomic mass is 79.9. The second-order valence-corrected chi connectivity index (χ2v) is 6.60. The molecule has 2 aromatic carbocycles. The molecule has 0 spiro atoms. The molecule has 0 atom stereocenters. The molecule has 4 aromatic rings. The largest absolute Gasteiger partial charge is 0.504 e. The minimum absolute atomic E-state index is 0.0875. The standard InChI is InChI=1S/C20H15BrN2O3/c1-2-26-20(25)17-19(24)18-13(11-22-17)16-14(21)9-6-10-15(16)23(18)12-7-4-3-5-8-12/h3-11,24H,2H2,1H3. The summed E-state index contributed by atoms with van der Waals surface area (Å²) >= 11 is 3.59. The van der Waals surface area contributed by atoms with Gasteiger partial charge < -0.3 is 14.4 Å². The fraction of sp³-hybridized carbons (Fsp3) is 0.100. The van der Waals surface area contributed by atoms with Crippen LogP contribution in [0.2, 0.25) is 0 Å². The number of fused-ring (bicyclic) bond motifs is 3. The van der Waals surface area contributed by atoms with E-state index in [0.717, 1.165) is 26.4 Å². The van der Waals surface area contributed by atoms with Gasteiger partial charge in [-0.05, 0) is 31.2 Å². The van der Waals surface area contributed by atoms with Gasteiger partial charge in [-0.15, -0.1) is 0 Å². The zero-order valence-electron chi connectivity index (χ0n) is 13.9. The summed E-state index contributed by atoms with van der Waals surface area (Å²) in [7, 11) is 0. The number of carbonyl (C=O) groups excluding carboxylic acids is 1. The van der Waals surface area contributed by atoms with Gasteiger partial charge in [-0.2, -0.15) is 0 Å². The van der Waals surface area contributed by atoms with Gasteiger partial charge in [0, 0.05) is 27.1 Å². The number of aromatic hydroxyl groups is 1. The van der Waals surface area contributed by atoms with Crippen LogP contribution in [-0.4, -0.2) is 27.2 Å². The maximum atomic E-state index is 12.2. The Morgan fingerprint density at radius 1 is 1.19 bits per heavy atom. The molecule has 130 valence electrons. The van der Waals surface area contributed by atoms with E-state index in [-0.39, 0.29) is 18.1 Å². The zero-order chi connectivity index (χ0) is 18.3. The highest BCUT2D eigenvalue weighted by Gasteiger charge is 2.23. The van der Waals surface area contributed by atoms with Crippen LogP contribution >= 0.6 is 15.9 Å². The number of halogens is 1. The van der Waals surface area contributed by atoms with Crippen molar-refractivity contribution in [3.8, 4) is 11.4 Å². The van der Waals surface area contributed by atoms with Gasteiger partial charge in [-0.25, -0.2) is 9.78 Å². The van der Waals surface area contributed by atoms with Gasteiger partial charge in [-0.3, -0.25) is 0 Å². The normalized spacial score (nSPS) is 11.2. The van der Waals surface area contributed by atoms with Crippen LogP contribution in [0.25, 0.3) is 27.5 Å². The van der Waals surface area contributed by atoms with Crippen molar-refractivity contribution in [2.24, 2.45) is 0 Å². The second-order valence-electron chi connectivity index (χ2n) is 5.74. The van der Waals surface area contributed by atoms with Crippen LogP contribution in [0, 0.1) is 0 Å².